The SMILES string of the molecule is Brc1ccc2cnn(-c3cncs3)c2c1. The molecule has 3 aromatic rings. The first-order valence-corrected chi connectivity index (χ1v) is 6.04. The molecule has 5 heteroatoms. The summed E-state index contributed by atoms with van der Waals surface area (Å²) in [5.74, 6) is 0. The van der Waals surface area contributed by atoms with E-state index in [-0.39, 0.29) is 0 Å². The lowest BCUT2D eigenvalue weighted by Gasteiger charge is -1.98. The van der Waals surface area contributed by atoms with E-state index in [0.717, 1.165) is 20.4 Å². The van der Waals surface area contributed by atoms with Gasteiger partial charge in [0.1, 0.15) is 5.00 Å². The zero-order valence-corrected chi connectivity index (χ0v) is 9.99. The third kappa shape index (κ3) is 1.48. The molecule has 2 heterocycles. The Morgan fingerprint density at radius 2 is 2.20 bits per heavy atom. The summed E-state index contributed by atoms with van der Waals surface area (Å²) < 4.78 is 2.96. The Morgan fingerprint density at radius 1 is 1.27 bits per heavy atom. The second-order valence-electron chi connectivity index (χ2n) is 3.10. The van der Waals surface area contributed by atoms with Crippen molar-refractivity contribution in [1.82, 2.24) is 14.8 Å². The smallest absolute Gasteiger partial charge is 0.138 e. The van der Waals surface area contributed by atoms with Crippen LogP contribution >= 0.6 is 27.3 Å². The van der Waals surface area contributed by atoms with Gasteiger partial charge in [-0.25, -0.2) is 4.68 Å². The van der Waals surface area contributed by atoms with Gasteiger partial charge in [0.05, 0.1) is 23.4 Å². The highest BCUT2D eigenvalue weighted by Crippen LogP contribution is 2.23. The van der Waals surface area contributed by atoms with Gasteiger partial charge < -0.3 is 0 Å². The van der Waals surface area contributed by atoms with Gasteiger partial charge in [0.2, 0.25) is 0 Å². The maximum atomic E-state index is 4.35. The van der Waals surface area contributed by atoms with Crippen molar-refractivity contribution in [3.63, 3.8) is 0 Å². The predicted octanol–water partition coefficient (Wildman–Crippen LogP) is 3.24. The molecule has 15 heavy (non-hydrogen) atoms. The molecule has 0 spiro atoms. The molecule has 0 amide bonds. The molecule has 0 fully saturated rings. The topological polar surface area (TPSA) is 30.7 Å². The van der Waals surface area contributed by atoms with Crippen molar-refractivity contribution in [2.24, 2.45) is 0 Å². The lowest BCUT2D eigenvalue weighted by molar-refractivity contribution is 0.925. The van der Waals surface area contributed by atoms with Gasteiger partial charge in [-0.05, 0) is 12.1 Å². The van der Waals surface area contributed by atoms with Gasteiger partial charge in [-0.2, -0.15) is 5.10 Å². The molecule has 3 rings (SSSR count). The summed E-state index contributed by atoms with van der Waals surface area (Å²) in [7, 11) is 0. The van der Waals surface area contributed by atoms with Gasteiger partial charge in [0.15, 0.2) is 0 Å². The second kappa shape index (κ2) is 3.43. The Labute approximate surface area is 98.5 Å². The zero-order chi connectivity index (χ0) is 10.3. The first-order chi connectivity index (χ1) is 7.34. The quantitative estimate of drug-likeness (QED) is 0.685. The van der Waals surface area contributed by atoms with Gasteiger partial charge in [-0.1, -0.05) is 22.0 Å². The fourth-order valence-electron chi connectivity index (χ4n) is 1.48. The molecule has 0 aliphatic heterocycles. The summed E-state index contributed by atoms with van der Waals surface area (Å²) in [4.78, 5) is 4.05. The minimum Gasteiger partial charge on any atom is -0.251 e. The Hall–Kier alpha value is -1.20. The van der Waals surface area contributed by atoms with Crippen molar-refractivity contribution in [1.29, 1.82) is 0 Å². The van der Waals surface area contributed by atoms with Crippen molar-refractivity contribution < 1.29 is 0 Å². The highest BCUT2D eigenvalue weighted by Gasteiger charge is 2.05. The van der Waals surface area contributed by atoms with Crippen LogP contribution in [0.3, 0.4) is 0 Å². The number of thiazole rings is 1. The maximum Gasteiger partial charge on any atom is 0.138 e. The Kier molecular flexibility index (Phi) is 2.07. The molecule has 0 saturated carbocycles. The minimum absolute atomic E-state index is 1.03. The Bertz CT molecular complexity index is 600. The highest BCUT2D eigenvalue weighted by molar-refractivity contribution is 9.10. The summed E-state index contributed by atoms with van der Waals surface area (Å²) >= 11 is 5.04. The number of aromatic nitrogens is 3. The van der Waals surface area contributed by atoms with Gasteiger partial charge in [-0.15, -0.1) is 11.3 Å². The molecule has 2 aromatic heterocycles. The largest absolute Gasteiger partial charge is 0.251 e. The van der Waals surface area contributed by atoms with Crippen LogP contribution < -0.4 is 0 Å². The maximum absolute atomic E-state index is 4.35. The molecule has 0 N–H and O–H groups in total. The van der Waals surface area contributed by atoms with Crippen LogP contribution in [-0.2, 0) is 0 Å². The van der Waals surface area contributed by atoms with Crippen LogP contribution in [0.1, 0.15) is 0 Å². The Morgan fingerprint density at radius 3 is 3.00 bits per heavy atom. The molecule has 1 aromatic carbocycles. The molecule has 3 nitrogen and oxygen atoms in total. The molecule has 0 saturated heterocycles. The zero-order valence-electron chi connectivity index (χ0n) is 7.59. The van der Waals surface area contributed by atoms with Crippen LogP contribution in [0.5, 0.6) is 0 Å². The van der Waals surface area contributed by atoms with Crippen molar-refractivity contribution >= 4 is 38.2 Å². The molecule has 0 aliphatic rings. The molecule has 0 unspecified atom stereocenters. The summed E-state index contributed by atoms with van der Waals surface area (Å²) in [6.07, 6.45) is 3.68. The monoisotopic (exact) mass is 279 g/mol. The van der Waals surface area contributed by atoms with E-state index >= 15 is 0 Å². The van der Waals surface area contributed by atoms with E-state index in [1.165, 1.54) is 0 Å². The number of benzene rings is 1. The summed E-state index contributed by atoms with van der Waals surface area (Å²) in [5, 5.41) is 6.51. The lowest BCUT2D eigenvalue weighted by atomic mass is 10.3. The van der Waals surface area contributed by atoms with E-state index in [4.69, 9.17) is 0 Å². The van der Waals surface area contributed by atoms with E-state index < -0.39 is 0 Å². The van der Waals surface area contributed by atoms with Crippen molar-refractivity contribution in [2.45, 2.75) is 0 Å². The van der Waals surface area contributed by atoms with E-state index in [1.54, 1.807) is 16.8 Å². The molecule has 0 atom stereocenters. The van der Waals surface area contributed by atoms with Gasteiger partial charge in [0.25, 0.3) is 0 Å². The molecule has 74 valence electrons. The lowest BCUT2D eigenvalue weighted by Crippen LogP contribution is -1.91. The van der Waals surface area contributed by atoms with Crippen LogP contribution in [-0.4, -0.2) is 14.8 Å². The van der Waals surface area contributed by atoms with Crippen LogP contribution in [0.4, 0.5) is 0 Å². The summed E-state index contributed by atoms with van der Waals surface area (Å²) in [6, 6.07) is 6.12. The van der Waals surface area contributed by atoms with Crippen molar-refractivity contribution in [3.05, 3.63) is 40.6 Å². The number of rotatable bonds is 1. The molecule has 0 bridgehead atoms. The average molecular weight is 280 g/mol. The van der Waals surface area contributed by atoms with Crippen LogP contribution in [0.25, 0.3) is 15.9 Å². The van der Waals surface area contributed by atoms with E-state index in [0.29, 0.717) is 0 Å². The number of halogens is 1. The number of fused-ring (bicyclic) bond motifs is 1. The van der Waals surface area contributed by atoms with Gasteiger partial charge >= 0.3 is 0 Å². The summed E-state index contributed by atoms with van der Waals surface area (Å²) in [5.41, 5.74) is 2.90. The second-order valence-corrected chi connectivity index (χ2v) is 4.88. The van der Waals surface area contributed by atoms with Gasteiger partial charge in [-0.3, -0.25) is 4.98 Å². The first-order valence-electron chi connectivity index (χ1n) is 4.37. The van der Waals surface area contributed by atoms with Crippen LogP contribution in [0.2, 0.25) is 0 Å². The normalized spacial score (nSPS) is 11.0. The van der Waals surface area contributed by atoms with E-state index in [1.807, 2.05) is 29.2 Å². The number of hydrogen-bond acceptors (Lipinski definition) is 3. The minimum atomic E-state index is 1.03. The van der Waals surface area contributed by atoms with E-state index in [9.17, 15) is 0 Å². The standard InChI is InChI=1S/C10H6BrN3S/c11-8-2-1-7-4-13-14(9(7)3-8)10-5-12-6-15-10/h1-6H. The Balaban J connectivity index is 2.32. The highest BCUT2D eigenvalue weighted by atomic mass is 79.9. The van der Waals surface area contributed by atoms with E-state index in [2.05, 4.69) is 32.1 Å². The predicted molar refractivity (Wildman–Crippen MR) is 64.4 cm³/mol. The molecule has 0 aliphatic carbocycles. The third-order valence-electron chi connectivity index (χ3n) is 2.16. The summed E-state index contributed by atoms with van der Waals surface area (Å²) in [6.45, 7) is 0. The fraction of sp³-hybridized carbons (Fsp3) is 0. The van der Waals surface area contributed by atoms with Crippen LogP contribution in [0.15, 0.2) is 40.6 Å². The molecular formula is C10H6BrN3S. The number of hydrogen-bond donors (Lipinski definition) is 0. The van der Waals surface area contributed by atoms with Gasteiger partial charge in [0, 0.05) is 9.86 Å². The third-order valence-corrected chi connectivity index (χ3v) is 3.40. The van der Waals surface area contributed by atoms with Crippen molar-refractivity contribution in [3.8, 4) is 5.00 Å². The average Bonchev–Trinajstić information content (AvgIpc) is 2.83. The van der Waals surface area contributed by atoms with Crippen molar-refractivity contribution in [2.75, 3.05) is 0 Å². The fourth-order valence-corrected chi connectivity index (χ4v) is 2.43. The molecular weight excluding hydrogens is 274 g/mol. The molecule has 0 radical (unpaired) electrons. The first kappa shape index (κ1) is 9.06. The van der Waals surface area contributed by atoms with Crippen LogP contribution in [0, 0.1) is 0 Å². The number of nitrogens with zero attached hydrogens (tertiary/aromatic N) is 3.